The highest BCUT2D eigenvalue weighted by Crippen LogP contribution is 2.19. The van der Waals surface area contributed by atoms with Gasteiger partial charge in [0.25, 0.3) is 11.4 Å². The zero-order valence-corrected chi connectivity index (χ0v) is 11.7. The van der Waals surface area contributed by atoms with Crippen molar-refractivity contribution >= 4 is 11.9 Å². The van der Waals surface area contributed by atoms with E-state index in [1.165, 1.54) is 12.3 Å². The molecule has 2 N–H and O–H groups in total. The van der Waals surface area contributed by atoms with E-state index in [2.05, 4.69) is 20.3 Å². The van der Waals surface area contributed by atoms with E-state index >= 15 is 0 Å². The number of carbonyl (C=O) groups excluding carboxylic acids is 1. The molecule has 1 amide bonds. The number of benzene rings is 1. The number of rotatable bonds is 3. The van der Waals surface area contributed by atoms with Crippen LogP contribution in [0.4, 0.5) is 5.95 Å². The number of anilines is 1. The molecular weight excluding hydrogens is 284 g/mol. The fraction of sp³-hybridized carbons (Fsp3) is 0.0667. The maximum atomic E-state index is 12.1. The molecule has 0 unspecified atom stereocenters. The molecule has 3 aromatic rings. The Morgan fingerprint density at radius 2 is 2.05 bits per heavy atom. The zero-order chi connectivity index (χ0) is 15.5. The lowest BCUT2D eigenvalue weighted by atomic mass is 10.2. The highest BCUT2D eigenvalue weighted by atomic mass is 16.4. The first-order valence-corrected chi connectivity index (χ1v) is 6.52. The van der Waals surface area contributed by atoms with Gasteiger partial charge >= 0.3 is 5.91 Å². The van der Waals surface area contributed by atoms with Gasteiger partial charge in [0.2, 0.25) is 5.95 Å². The Bertz CT molecular complexity index is 868. The summed E-state index contributed by atoms with van der Waals surface area (Å²) in [5, 5.41) is 2.44. The molecule has 2 aromatic heterocycles. The van der Waals surface area contributed by atoms with E-state index < -0.39 is 5.91 Å². The Hall–Kier alpha value is -3.22. The number of amides is 1. The number of hydrogen-bond acceptors (Lipinski definition) is 5. The molecule has 7 nitrogen and oxygen atoms in total. The summed E-state index contributed by atoms with van der Waals surface area (Å²) >= 11 is 0. The molecule has 0 atom stereocenters. The Morgan fingerprint density at radius 3 is 2.77 bits per heavy atom. The number of nitrogens with one attached hydrogen (secondary N) is 2. The number of hydrogen-bond donors (Lipinski definition) is 2. The zero-order valence-electron chi connectivity index (χ0n) is 11.7. The number of carbonyl (C=O) groups is 1. The minimum Gasteiger partial charge on any atom is -0.432 e. The van der Waals surface area contributed by atoms with Gasteiger partial charge in [-0.2, -0.15) is 0 Å². The second-order valence-electron chi connectivity index (χ2n) is 4.59. The van der Waals surface area contributed by atoms with Gasteiger partial charge in [-0.3, -0.25) is 19.9 Å². The molecule has 1 aromatic carbocycles. The molecule has 2 heterocycles. The van der Waals surface area contributed by atoms with E-state index in [0.29, 0.717) is 11.5 Å². The molecule has 22 heavy (non-hydrogen) atoms. The van der Waals surface area contributed by atoms with Crippen molar-refractivity contribution in [3.05, 3.63) is 64.5 Å². The molecule has 0 aliphatic heterocycles. The fourth-order valence-electron chi connectivity index (χ4n) is 1.91. The van der Waals surface area contributed by atoms with Gasteiger partial charge < -0.3 is 4.42 Å². The van der Waals surface area contributed by atoms with E-state index in [0.717, 1.165) is 5.56 Å². The average molecular weight is 296 g/mol. The molecule has 0 radical (unpaired) electrons. The van der Waals surface area contributed by atoms with Crippen LogP contribution in [-0.4, -0.2) is 20.9 Å². The van der Waals surface area contributed by atoms with Crippen LogP contribution in [0.25, 0.3) is 11.3 Å². The van der Waals surface area contributed by atoms with Gasteiger partial charge in [-0.05, 0) is 6.92 Å². The molecule has 0 aliphatic rings. The van der Waals surface area contributed by atoms with Gasteiger partial charge in [0.15, 0.2) is 5.76 Å². The number of aryl methyl sites for hydroxylation is 1. The lowest BCUT2D eigenvalue weighted by molar-refractivity contribution is 0.0990. The molecule has 0 saturated heterocycles. The molecular formula is C15H12N4O3. The molecule has 0 bridgehead atoms. The van der Waals surface area contributed by atoms with Crippen molar-refractivity contribution in [1.82, 2.24) is 15.0 Å². The normalized spacial score (nSPS) is 10.4. The highest BCUT2D eigenvalue weighted by Gasteiger charge is 2.15. The summed E-state index contributed by atoms with van der Waals surface area (Å²) in [4.78, 5) is 33.7. The van der Waals surface area contributed by atoms with Crippen LogP contribution < -0.4 is 10.9 Å². The van der Waals surface area contributed by atoms with Crippen molar-refractivity contribution in [3.8, 4) is 11.3 Å². The van der Waals surface area contributed by atoms with Crippen molar-refractivity contribution in [1.29, 1.82) is 0 Å². The van der Waals surface area contributed by atoms with Crippen LogP contribution in [0.1, 0.15) is 16.4 Å². The molecule has 0 fully saturated rings. The van der Waals surface area contributed by atoms with Crippen LogP contribution in [0.3, 0.4) is 0 Å². The second kappa shape index (κ2) is 5.65. The van der Waals surface area contributed by atoms with Crippen molar-refractivity contribution in [2.24, 2.45) is 0 Å². The molecule has 0 saturated carbocycles. The Kier molecular flexibility index (Phi) is 3.53. The third-order valence-electron chi connectivity index (χ3n) is 2.86. The monoisotopic (exact) mass is 296 g/mol. The minimum atomic E-state index is -0.587. The molecule has 0 aliphatic carbocycles. The topological polar surface area (TPSA) is 101 Å². The van der Waals surface area contributed by atoms with Crippen LogP contribution in [0, 0.1) is 6.92 Å². The number of oxazole rings is 1. The summed E-state index contributed by atoms with van der Waals surface area (Å²) < 4.78 is 5.42. The summed E-state index contributed by atoms with van der Waals surface area (Å²) in [6, 6.07) is 10.6. The lowest BCUT2D eigenvalue weighted by Gasteiger charge is -2.01. The van der Waals surface area contributed by atoms with Gasteiger partial charge in [-0.25, -0.2) is 9.97 Å². The first-order chi connectivity index (χ1) is 10.6. The van der Waals surface area contributed by atoms with E-state index in [-0.39, 0.29) is 17.4 Å². The number of nitrogens with zero attached hydrogens (tertiary/aromatic N) is 2. The minimum absolute atomic E-state index is 0.0504. The van der Waals surface area contributed by atoms with Crippen molar-refractivity contribution in [2.75, 3.05) is 5.32 Å². The summed E-state index contributed by atoms with van der Waals surface area (Å²) in [6.45, 7) is 1.66. The Labute approximate surface area is 125 Å². The second-order valence-corrected chi connectivity index (χ2v) is 4.59. The van der Waals surface area contributed by atoms with Crippen molar-refractivity contribution < 1.29 is 9.21 Å². The Morgan fingerprint density at radius 1 is 1.27 bits per heavy atom. The van der Waals surface area contributed by atoms with Gasteiger partial charge in [0, 0.05) is 17.3 Å². The first-order valence-electron chi connectivity index (χ1n) is 6.52. The van der Waals surface area contributed by atoms with Gasteiger partial charge in [-0.15, -0.1) is 0 Å². The summed E-state index contributed by atoms with van der Waals surface area (Å²) in [6.07, 6.45) is 1.47. The summed E-state index contributed by atoms with van der Waals surface area (Å²) in [5.41, 5.74) is 0.966. The quantitative estimate of drug-likeness (QED) is 0.769. The summed E-state index contributed by atoms with van der Waals surface area (Å²) in [7, 11) is 0. The standard InChI is InChI=1S/C15H12N4O3/c1-9-7-12(20)18-15(17-9)19-13(21)14-16-8-11(22-14)10-5-3-2-4-6-10/h2-8H,1H3,(H2,17,18,19,20,21). The maximum absolute atomic E-state index is 12.1. The number of aromatic amines is 1. The first kappa shape index (κ1) is 13.7. The van der Waals surface area contributed by atoms with Crippen molar-refractivity contribution in [3.63, 3.8) is 0 Å². The lowest BCUT2D eigenvalue weighted by Crippen LogP contribution is -2.18. The molecule has 7 heteroatoms. The van der Waals surface area contributed by atoms with Gasteiger partial charge in [0.05, 0.1) is 6.20 Å². The smallest absolute Gasteiger partial charge is 0.313 e. The number of H-pyrrole nitrogens is 1. The van der Waals surface area contributed by atoms with E-state index in [9.17, 15) is 9.59 Å². The van der Waals surface area contributed by atoms with Crippen LogP contribution in [-0.2, 0) is 0 Å². The molecule has 3 rings (SSSR count). The maximum Gasteiger partial charge on any atom is 0.313 e. The van der Waals surface area contributed by atoms with Gasteiger partial charge in [0.1, 0.15) is 0 Å². The predicted molar refractivity (Wildman–Crippen MR) is 79.5 cm³/mol. The van der Waals surface area contributed by atoms with Gasteiger partial charge in [-0.1, -0.05) is 30.3 Å². The third-order valence-corrected chi connectivity index (χ3v) is 2.86. The van der Waals surface area contributed by atoms with Crippen LogP contribution in [0.5, 0.6) is 0 Å². The predicted octanol–water partition coefficient (Wildman–Crippen LogP) is 1.99. The highest BCUT2D eigenvalue weighted by molar-refractivity contribution is 6.00. The van der Waals surface area contributed by atoms with Crippen molar-refractivity contribution in [2.45, 2.75) is 6.92 Å². The molecule has 110 valence electrons. The average Bonchev–Trinajstić information content (AvgIpc) is 2.97. The fourth-order valence-corrected chi connectivity index (χ4v) is 1.91. The number of aromatic nitrogens is 3. The van der Waals surface area contributed by atoms with E-state index in [1.807, 2.05) is 30.3 Å². The van der Waals surface area contributed by atoms with Crippen LogP contribution >= 0.6 is 0 Å². The van der Waals surface area contributed by atoms with E-state index in [1.54, 1.807) is 6.92 Å². The third kappa shape index (κ3) is 2.93. The molecule has 0 spiro atoms. The SMILES string of the molecule is Cc1cc(=O)[nH]c(NC(=O)c2ncc(-c3ccccc3)o2)n1. The largest absolute Gasteiger partial charge is 0.432 e. The van der Waals surface area contributed by atoms with Crippen LogP contribution in [0.2, 0.25) is 0 Å². The van der Waals surface area contributed by atoms with E-state index in [4.69, 9.17) is 4.42 Å². The Balaban J connectivity index is 1.81. The van der Waals surface area contributed by atoms with Crippen LogP contribution in [0.15, 0.2) is 51.8 Å². The summed E-state index contributed by atoms with van der Waals surface area (Å²) in [5.74, 6) is -0.162.